The fraction of sp³-hybridized carbons (Fsp3) is 0.750. The molecular formula is C8H8F3NO. The van der Waals surface area contributed by atoms with Crippen molar-refractivity contribution in [3.05, 3.63) is 11.4 Å². The third-order valence-corrected chi connectivity index (χ3v) is 2.25. The Labute approximate surface area is 73.5 Å². The highest BCUT2D eigenvalue weighted by molar-refractivity contribution is 5.82. The summed E-state index contributed by atoms with van der Waals surface area (Å²) in [7, 11) is 0. The maximum Gasteiger partial charge on any atom is 0.394 e. The van der Waals surface area contributed by atoms with Gasteiger partial charge in [-0.15, -0.1) is 0 Å². The molecule has 0 atom stereocenters. The van der Waals surface area contributed by atoms with Crippen LogP contribution in [0.2, 0.25) is 0 Å². The number of halogens is 3. The second-order valence-electron chi connectivity index (χ2n) is 3.31. The van der Waals surface area contributed by atoms with Gasteiger partial charge in [0.25, 0.3) is 6.54 Å². The molecule has 0 aromatic heterocycles. The van der Waals surface area contributed by atoms with Gasteiger partial charge in [-0.3, -0.25) is 4.79 Å². The SMILES string of the molecule is [C-]#[N+]CC(=O)CC1(C(F)(F)F)CC1. The molecule has 5 heteroatoms. The molecule has 13 heavy (non-hydrogen) atoms. The molecule has 0 bridgehead atoms. The highest BCUT2D eigenvalue weighted by Gasteiger charge is 2.63. The summed E-state index contributed by atoms with van der Waals surface area (Å²) in [5, 5.41) is 0. The van der Waals surface area contributed by atoms with Crippen LogP contribution >= 0.6 is 0 Å². The van der Waals surface area contributed by atoms with Crippen molar-refractivity contribution >= 4 is 5.78 Å². The van der Waals surface area contributed by atoms with Gasteiger partial charge in [0.2, 0.25) is 5.78 Å². The van der Waals surface area contributed by atoms with Crippen LogP contribution < -0.4 is 0 Å². The standard InChI is InChI=1S/C8H8F3NO/c1-12-5-6(13)4-7(2-3-7)8(9,10)11/h2-5H2. The normalized spacial score (nSPS) is 19.2. The lowest BCUT2D eigenvalue weighted by molar-refractivity contribution is -0.189. The summed E-state index contributed by atoms with van der Waals surface area (Å²) in [6.45, 7) is 5.91. The van der Waals surface area contributed by atoms with E-state index < -0.39 is 30.3 Å². The third-order valence-electron chi connectivity index (χ3n) is 2.25. The molecule has 0 unspecified atom stereocenters. The molecule has 0 spiro atoms. The zero-order valence-corrected chi connectivity index (χ0v) is 6.82. The molecule has 1 rings (SSSR count). The molecule has 0 aliphatic heterocycles. The Hall–Kier alpha value is -1.05. The quantitative estimate of drug-likeness (QED) is 0.626. The first-order valence-corrected chi connectivity index (χ1v) is 3.83. The number of rotatable bonds is 3. The lowest BCUT2D eigenvalue weighted by atomic mass is 9.99. The molecule has 0 saturated heterocycles. The molecule has 1 aliphatic rings. The second kappa shape index (κ2) is 3.02. The van der Waals surface area contributed by atoms with Gasteiger partial charge in [0.15, 0.2) is 0 Å². The topological polar surface area (TPSA) is 21.4 Å². The Morgan fingerprint density at radius 1 is 1.46 bits per heavy atom. The number of alkyl halides is 3. The molecule has 2 nitrogen and oxygen atoms in total. The van der Waals surface area contributed by atoms with Gasteiger partial charge < -0.3 is 4.85 Å². The summed E-state index contributed by atoms with van der Waals surface area (Å²) in [5.74, 6) is -0.607. The summed E-state index contributed by atoms with van der Waals surface area (Å²) in [6, 6.07) is 0. The van der Waals surface area contributed by atoms with Crippen LogP contribution in [0, 0.1) is 12.0 Å². The predicted molar refractivity (Wildman–Crippen MR) is 38.8 cm³/mol. The summed E-state index contributed by atoms with van der Waals surface area (Å²) >= 11 is 0. The van der Waals surface area contributed by atoms with Gasteiger partial charge in [-0.2, -0.15) is 13.2 Å². The van der Waals surface area contributed by atoms with Crippen molar-refractivity contribution in [2.24, 2.45) is 5.41 Å². The Balaban J connectivity index is 2.55. The van der Waals surface area contributed by atoms with E-state index in [0.717, 1.165) is 0 Å². The molecule has 0 aromatic rings. The minimum atomic E-state index is -4.29. The maximum absolute atomic E-state index is 12.3. The molecule has 1 saturated carbocycles. The second-order valence-corrected chi connectivity index (χ2v) is 3.31. The monoisotopic (exact) mass is 191 g/mol. The van der Waals surface area contributed by atoms with Crippen molar-refractivity contribution < 1.29 is 18.0 Å². The number of ketones is 1. The average molecular weight is 191 g/mol. The van der Waals surface area contributed by atoms with Crippen LogP contribution in [-0.4, -0.2) is 18.5 Å². The van der Waals surface area contributed by atoms with Crippen molar-refractivity contribution in [3.8, 4) is 0 Å². The van der Waals surface area contributed by atoms with Gasteiger partial charge in [0, 0.05) is 6.42 Å². The van der Waals surface area contributed by atoms with Crippen molar-refractivity contribution in [2.45, 2.75) is 25.4 Å². The number of Topliss-reactive ketones (excluding diaryl/α,β-unsaturated/α-hetero) is 1. The average Bonchev–Trinajstić information content (AvgIpc) is 2.67. The molecule has 1 fully saturated rings. The van der Waals surface area contributed by atoms with Crippen LogP contribution in [-0.2, 0) is 4.79 Å². The first kappa shape index (κ1) is 10.0. The molecule has 0 amide bonds. The highest BCUT2D eigenvalue weighted by atomic mass is 19.4. The van der Waals surface area contributed by atoms with Gasteiger partial charge in [-0.1, -0.05) is 0 Å². The lowest BCUT2D eigenvalue weighted by Gasteiger charge is -2.16. The Morgan fingerprint density at radius 3 is 2.31 bits per heavy atom. The minimum absolute atomic E-state index is 0.0280. The third kappa shape index (κ3) is 2.00. The summed E-state index contributed by atoms with van der Waals surface area (Å²) in [6.07, 6.45) is -4.75. The highest BCUT2D eigenvalue weighted by Crippen LogP contribution is 2.59. The van der Waals surface area contributed by atoms with Crippen LogP contribution in [0.3, 0.4) is 0 Å². The van der Waals surface area contributed by atoms with Crippen LogP contribution in [0.4, 0.5) is 13.2 Å². The van der Waals surface area contributed by atoms with Gasteiger partial charge >= 0.3 is 6.18 Å². The fourth-order valence-electron chi connectivity index (χ4n) is 1.23. The smallest absolute Gasteiger partial charge is 0.309 e. The van der Waals surface area contributed by atoms with E-state index in [1.165, 1.54) is 0 Å². The first-order chi connectivity index (χ1) is 5.91. The van der Waals surface area contributed by atoms with Gasteiger partial charge in [-0.05, 0) is 12.8 Å². The molecule has 0 N–H and O–H groups in total. The Morgan fingerprint density at radius 2 is 2.00 bits per heavy atom. The largest absolute Gasteiger partial charge is 0.394 e. The van der Waals surface area contributed by atoms with Crippen LogP contribution in [0.15, 0.2) is 0 Å². The van der Waals surface area contributed by atoms with Crippen LogP contribution in [0.25, 0.3) is 4.85 Å². The van der Waals surface area contributed by atoms with Crippen molar-refractivity contribution in [2.75, 3.05) is 6.54 Å². The van der Waals surface area contributed by atoms with E-state index in [-0.39, 0.29) is 12.8 Å². The van der Waals surface area contributed by atoms with Crippen molar-refractivity contribution in [3.63, 3.8) is 0 Å². The summed E-state index contributed by atoms with van der Waals surface area (Å²) < 4.78 is 36.8. The van der Waals surface area contributed by atoms with Crippen LogP contribution in [0.5, 0.6) is 0 Å². The Kier molecular flexibility index (Phi) is 2.33. The van der Waals surface area contributed by atoms with Crippen molar-refractivity contribution in [1.82, 2.24) is 0 Å². The lowest BCUT2D eigenvalue weighted by Crippen LogP contribution is -2.27. The first-order valence-electron chi connectivity index (χ1n) is 3.83. The van der Waals surface area contributed by atoms with Crippen LogP contribution in [0.1, 0.15) is 19.3 Å². The zero-order valence-electron chi connectivity index (χ0n) is 6.82. The molecule has 0 heterocycles. The number of hydrogen-bond acceptors (Lipinski definition) is 1. The van der Waals surface area contributed by atoms with E-state index in [2.05, 4.69) is 4.85 Å². The summed E-state index contributed by atoms with van der Waals surface area (Å²) in [5.41, 5.74) is -1.78. The van der Waals surface area contributed by atoms with Gasteiger partial charge in [0.1, 0.15) is 0 Å². The fourth-order valence-corrected chi connectivity index (χ4v) is 1.23. The minimum Gasteiger partial charge on any atom is -0.309 e. The molecule has 72 valence electrons. The molecule has 1 aliphatic carbocycles. The number of carbonyl (C=O) groups is 1. The zero-order chi connectivity index (χ0) is 10.1. The maximum atomic E-state index is 12.3. The number of nitrogens with zero attached hydrogens (tertiary/aromatic N) is 1. The van der Waals surface area contributed by atoms with E-state index in [1.807, 2.05) is 0 Å². The number of carbonyl (C=O) groups excluding carboxylic acids is 1. The molecular weight excluding hydrogens is 183 g/mol. The van der Waals surface area contributed by atoms with Crippen molar-refractivity contribution in [1.29, 1.82) is 0 Å². The van der Waals surface area contributed by atoms with Gasteiger partial charge in [-0.25, -0.2) is 6.57 Å². The predicted octanol–water partition coefficient (Wildman–Crippen LogP) is 2.21. The van der Waals surface area contributed by atoms with E-state index in [0.29, 0.717) is 0 Å². The van der Waals surface area contributed by atoms with E-state index >= 15 is 0 Å². The van der Waals surface area contributed by atoms with E-state index in [4.69, 9.17) is 6.57 Å². The Bertz CT molecular complexity index is 260. The van der Waals surface area contributed by atoms with E-state index in [9.17, 15) is 18.0 Å². The number of hydrogen-bond donors (Lipinski definition) is 0. The molecule has 0 radical (unpaired) electrons. The molecule has 0 aromatic carbocycles. The van der Waals surface area contributed by atoms with Gasteiger partial charge in [0.05, 0.1) is 5.41 Å². The summed E-state index contributed by atoms with van der Waals surface area (Å²) in [4.78, 5) is 13.6. The van der Waals surface area contributed by atoms with E-state index in [1.54, 1.807) is 0 Å².